The molecule has 0 aromatic rings. The number of nitrogens with one attached hydrogen (secondary N) is 1. The van der Waals surface area contributed by atoms with Crippen molar-refractivity contribution < 1.29 is 14.3 Å². The number of amides is 1. The highest BCUT2D eigenvalue weighted by molar-refractivity contribution is 5.83. The number of nitriles is 1. The van der Waals surface area contributed by atoms with Crippen molar-refractivity contribution in [2.45, 2.75) is 18.9 Å². The average molecular weight is 267 g/mol. The molecule has 106 valence electrons. The van der Waals surface area contributed by atoms with Gasteiger partial charge in [-0.05, 0) is 25.9 Å². The number of carbonyl (C=O) groups is 1. The van der Waals surface area contributed by atoms with E-state index in [0.717, 1.165) is 25.9 Å². The Balaban J connectivity index is 2.08. The van der Waals surface area contributed by atoms with E-state index < -0.39 is 11.5 Å². The molecule has 0 aromatic heterocycles. The van der Waals surface area contributed by atoms with E-state index in [2.05, 4.69) is 11.4 Å². The number of piperidine rings is 1. The zero-order valence-corrected chi connectivity index (χ0v) is 11.4. The quantitative estimate of drug-likeness (QED) is 0.763. The van der Waals surface area contributed by atoms with Crippen molar-refractivity contribution >= 4 is 5.91 Å². The number of methoxy groups -OCH3 is 1. The molecule has 0 bridgehead atoms. The Bertz CT molecular complexity index is 355. The molecule has 1 atom stereocenters. The summed E-state index contributed by atoms with van der Waals surface area (Å²) < 4.78 is 10.6. The second-order valence-electron chi connectivity index (χ2n) is 5.20. The summed E-state index contributed by atoms with van der Waals surface area (Å²) in [6.45, 7) is 3.49. The number of rotatable bonds is 3. The minimum Gasteiger partial charge on any atom is -0.384 e. The maximum Gasteiger partial charge on any atom is 0.231 e. The molecule has 0 aromatic carbocycles. The molecule has 2 heterocycles. The third-order valence-electron chi connectivity index (χ3n) is 3.93. The van der Waals surface area contributed by atoms with Gasteiger partial charge in [0, 0.05) is 13.7 Å². The van der Waals surface area contributed by atoms with Gasteiger partial charge in [0.05, 0.1) is 31.2 Å². The van der Waals surface area contributed by atoms with Crippen LogP contribution in [0.25, 0.3) is 0 Å². The lowest BCUT2D eigenvalue weighted by molar-refractivity contribution is -0.153. The fraction of sp³-hybridized carbons (Fsp3) is 0.846. The van der Waals surface area contributed by atoms with Gasteiger partial charge >= 0.3 is 0 Å². The first-order chi connectivity index (χ1) is 9.22. The molecule has 0 spiro atoms. The number of ether oxygens (including phenoxy) is 2. The molecule has 0 radical (unpaired) electrons. The van der Waals surface area contributed by atoms with E-state index in [4.69, 9.17) is 14.7 Å². The summed E-state index contributed by atoms with van der Waals surface area (Å²) in [5.74, 6) is 0.111. The van der Waals surface area contributed by atoms with Crippen molar-refractivity contribution in [3.63, 3.8) is 0 Å². The average Bonchev–Trinajstić information content (AvgIpc) is 2.48. The van der Waals surface area contributed by atoms with Crippen LogP contribution in [-0.2, 0) is 14.3 Å². The Labute approximate surface area is 113 Å². The fourth-order valence-corrected chi connectivity index (χ4v) is 2.85. The summed E-state index contributed by atoms with van der Waals surface area (Å²) >= 11 is 0. The zero-order valence-electron chi connectivity index (χ0n) is 11.4. The number of nitrogens with zero attached hydrogens (tertiary/aromatic N) is 2. The summed E-state index contributed by atoms with van der Waals surface area (Å²) in [6, 6.07) is 2.08. The van der Waals surface area contributed by atoms with Gasteiger partial charge in [-0.15, -0.1) is 0 Å². The second kappa shape index (κ2) is 6.33. The van der Waals surface area contributed by atoms with Crippen molar-refractivity contribution in [3.05, 3.63) is 0 Å². The number of hydrogen-bond donors (Lipinski definition) is 1. The van der Waals surface area contributed by atoms with Crippen LogP contribution >= 0.6 is 0 Å². The van der Waals surface area contributed by atoms with Gasteiger partial charge < -0.3 is 19.7 Å². The van der Waals surface area contributed by atoms with Crippen LogP contribution in [0.1, 0.15) is 12.8 Å². The Morgan fingerprint density at radius 3 is 2.95 bits per heavy atom. The van der Waals surface area contributed by atoms with Crippen LogP contribution < -0.4 is 5.32 Å². The van der Waals surface area contributed by atoms with Crippen molar-refractivity contribution in [2.24, 2.45) is 5.41 Å². The predicted octanol–water partition coefficient (Wildman–Crippen LogP) is -0.246. The highest BCUT2D eigenvalue weighted by atomic mass is 16.5. The molecular weight excluding hydrogens is 246 g/mol. The van der Waals surface area contributed by atoms with Crippen molar-refractivity contribution in [1.82, 2.24) is 10.2 Å². The second-order valence-corrected chi connectivity index (χ2v) is 5.20. The monoisotopic (exact) mass is 267 g/mol. The van der Waals surface area contributed by atoms with Crippen LogP contribution in [0.15, 0.2) is 0 Å². The topological polar surface area (TPSA) is 74.6 Å². The molecule has 19 heavy (non-hydrogen) atoms. The lowest BCUT2D eigenvalue weighted by atomic mass is 9.78. The predicted molar refractivity (Wildman–Crippen MR) is 68.3 cm³/mol. The summed E-state index contributed by atoms with van der Waals surface area (Å²) in [7, 11) is 1.63. The van der Waals surface area contributed by atoms with Gasteiger partial charge in [-0.25, -0.2) is 0 Å². The minimum absolute atomic E-state index is 0.111. The maximum atomic E-state index is 12.8. The first-order valence-corrected chi connectivity index (χ1v) is 6.72. The van der Waals surface area contributed by atoms with Crippen molar-refractivity contribution in [2.75, 3.05) is 46.5 Å². The fourth-order valence-electron chi connectivity index (χ4n) is 2.85. The van der Waals surface area contributed by atoms with Crippen LogP contribution in [0.4, 0.5) is 0 Å². The molecule has 1 amide bonds. The van der Waals surface area contributed by atoms with Crippen LogP contribution in [0.2, 0.25) is 0 Å². The van der Waals surface area contributed by atoms with Gasteiger partial charge in [0.15, 0.2) is 6.10 Å². The number of morpholine rings is 1. The first-order valence-electron chi connectivity index (χ1n) is 6.72. The highest BCUT2D eigenvalue weighted by Crippen LogP contribution is 2.32. The third kappa shape index (κ3) is 3.06. The van der Waals surface area contributed by atoms with Gasteiger partial charge in [0.1, 0.15) is 0 Å². The van der Waals surface area contributed by atoms with Crippen LogP contribution in [0.3, 0.4) is 0 Å². The smallest absolute Gasteiger partial charge is 0.231 e. The van der Waals surface area contributed by atoms with E-state index in [1.54, 1.807) is 12.0 Å². The Morgan fingerprint density at radius 1 is 1.58 bits per heavy atom. The molecule has 2 aliphatic heterocycles. The van der Waals surface area contributed by atoms with Crippen molar-refractivity contribution in [1.29, 1.82) is 5.26 Å². The minimum atomic E-state index is -0.501. The van der Waals surface area contributed by atoms with Crippen molar-refractivity contribution in [3.8, 4) is 6.07 Å². The van der Waals surface area contributed by atoms with Gasteiger partial charge in [0.25, 0.3) is 0 Å². The molecule has 2 rings (SSSR count). The number of hydrogen-bond acceptors (Lipinski definition) is 5. The highest BCUT2D eigenvalue weighted by Gasteiger charge is 2.43. The standard InChI is InChI=1S/C13H21N3O3/c1-18-10-13(2-4-15-5-3-13)12(17)16-6-7-19-11(8-14)9-16/h11,15H,2-7,9-10H2,1H3. The van der Waals surface area contributed by atoms with Gasteiger partial charge in [-0.1, -0.05) is 0 Å². The Kier molecular flexibility index (Phi) is 4.75. The third-order valence-corrected chi connectivity index (χ3v) is 3.93. The Morgan fingerprint density at radius 2 is 2.32 bits per heavy atom. The zero-order chi connectivity index (χ0) is 13.7. The van der Waals surface area contributed by atoms with Gasteiger partial charge in [-0.3, -0.25) is 4.79 Å². The molecule has 1 N–H and O–H groups in total. The lowest BCUT2D eigenvalue weighted by Gasteiger charge is -2.41. The molecule has 6 heteroatoms. The largest absolute Gasteiger partial charge is 0.384 e. The molecule has 0 saturated carbocycles. The number of carbonyl (C=O) groups excluding carboxylic acids is 1. The molecule has 0 aliphatic carbocycles. The van der Waals surface area contributed by atoms with E-state index in [-0.39, 0.29) is 5.91 Å². The van der Waals surface area contributed by atoms with E-state index in [1.165, 1.54) is 0 Å². The first kappa shape index (κ1) is 14.3. The summed E-state index contributed by atoms with van der Waals surface area (Å²) in [4.78, 5) is 14.5. The summed E-state index contributed by atoms with van der Waals surface area (Å²) in [5.41, 5.74) is -0.433. The van der Waals surface area contributed by atoms with Crippen LogP contribution in [0.5, 0.6) is 0 Å². The SMILES string of the molecule is COCC1(C(=O)N2CCOC(C#N)C2)CCNCC1. The van der Waals surface area contributed by atoms with Gasteiger partial charge in [-0.2, -0.15) is 5.26 Å². The lowest BCUT2D eigenvalue weighted by Crippen LogP contribution is -2.55. The summed E-state index contributed by atoms with van der Waals surface area (Å²) in [6.07, 6.45) is 1.07. The van der Waals surface area contributed by atoms with E-state index in [9.17, 15) is 4.79 Å². The Hall–Kier alpha value is -1.16. The van der Waals surface area contributed by atoms with E-state index in [1.807, 2.05) is 0 Å². The maximum absolute atomic E-state index is 12.8. The normalized spacial score (nSPS) is 26.7. The van der Waals surface area contributed by atoms with Crippen LogP contribution in [0, 0.1) is 16.7 Å². The van der Waals surface area contributed by atoms with Crippen LogP contribution in [-0.4, -0.2) is 63.4 Å². The van der Waals surface area contributed by atoms with E-state index in [0.29, 0.717) is 26.3 Å². The molecule has 2 aliphatic rings. The molecule has 2 saturated heterocycles. The van der Waals surface area contributed by atoms with Gasteiger partial charge in [0.2, 0.25) is 5.91 Å². The molecular formula is C13H21N3O3. The van der Waals surface area contributed by atoms with E-state index >= 15 is 0 Å². The molecule has 6 nitrogen and oxygen atoms in total. The summed E-state index contributed by atoms with van der Waals surface area (Å²) in [5, 5.41) is 12.2. The molecule has 1 unspecified atom stereocenters. The molecule has 2 fully saturated rings.